The molecule has 0 bridgehead atoms. The first kappa shape index (κ1) is 37.0. The van der Waals surface area contributed by atoms with Gasteiger partial charge >= 0.3 is 5.97 Å². The van der Waals surface area contributed by atoms with E-state index in [0.717, 1.165) is 27.9 Å². The number of aryl methyl sites for hydroxylation is 2. The number of hydrazine groups is 1. The summed E-state index contributed by atoms with van der Waals surface area (Å²) in [6, 6.07) is 16.9. The van der Waals surface area contributed by atoms with Crippen molar-refractivity contribution in [2.75, 3.05) is 28.1 Å². The third kappa shape index (κ3) is 8.62. The average Bonchev–Trinajstić information content (AvgIpc) is 3.04. The number of nitrogens with zero attached hydrogens (tertiary/aromatic N) is 4. The van der Waals surface area contributed by atoms with Gasteiger partial charge in [-0.05, 0) is 89.7 Å². The number of ether oxygens (including phenoxy) is 4. The molecule has 4 aromatic rings. The minimum atomic E-state index is -0.947. The van der Waals surface area contributed by atoms with Crippen LogP contribution in [-0.4, -0.2) is 71.4 Å². The van der Waals surface area contributed by atoms with Crippen LogP contribution in [0.4, 0.5) is 0 Å². The Bertz CT molecular complexity index is 1840. The summed E-state index contributed by atoms with van der Waals surface area (Å²) < 4.78 is 21.8. The van der Waals surface area contributed by atoms with Gasteiger partial charge in [0.2, 0.25) is 11.8 Å². The van der Waals surface area contributed by atoms with E-state index in [9.17, 15) is 14.4 Å². The van der Waals surface area contributed by atoms with E-state index in [2.05, 4.69) is 9.97 Å². The van der Waals surface area contributed by atoms with Gasteiger partial charge in [-0.15, -0.1) is 0 Å². The molecule has 258 valence electrons. The molecule has 0 fully saturated rings. The summed E-state index contributed by atoms with van der Waals surface area (Å²) in [5, 5.41) is 2.79. The largest absolute Gasteiger partial charge is 0.496 e. The number of carbonyl (C=O) groups is 3. The molecule has 2 amide bonds. The molecule has 1 aromatic heterocycles. The molecule has 0 saturated carbocycles. The van der Waals surface area contributed by atoms with Crippen LogP contribution in [0.5, 0.6) is 17.5 Å². The summed E-state index contributed by atoms with van der Waals surface area (Å²) >= 11 is 7.62. The zero-order valence-corrected chi connectivity index (χ0v) is 30.5. The molecule has 4 rings (SSSR count). The number of esters is 1. The smallest absolute Gasteiger partial charge is 0.342 e. The highest BCUT2D eigenvalue weighted by Gasteiger charge is 2.38. The molecule has 0 unspecified atom stereocenters. The van der Waals surface area contributed by atoms with Gasteiger partial charge in [-0.2, -0.15) is 9.97 Å². The topological polar surface area (TPSA) is 120 Å². The highest BCUT2D eigenvalue weighted by atomic mass is 35.5. The Balaban J connectivity index is 1.77. The summed E-state index contributed by atoms with van der Waals surface area (Å²) in [6.45, 7) is 10.3. The van der Waals surface area contributed by atoms with Crippen LogP contribution in [0.3, 0.4) is 0 Å². The second kappa shape index (κ2) is 15.6. The first-order chi connectivity index (χ1) is 23.2. The predicted molar refractivity (Wildman–Crippen MR) is 187 cm³/mol. The van der Waals surface area contributed by atoms with Crippen LogP contribution in [0, 0.1) is 20.8 Å². The van der Waals surface area contributed by atoms with Crippen molar-refractivity contribution >= 4 is 41.1 Å². The second-order valence-corrected chi connectivity index (χ2v) is 13.4. The van der Waals surface area contributed by atoms with Crippen molar-refractivity contribution in [1.29, 1.82) is 0 Å². The van der Waals surface area contributed by atoms with Crippen molar-refractivity contribution in [2.24, 2.45) is 0 Å². The van der Waals surface area contributed by atoms with E-state index >= 15 is 0 Å². The van der Waals surface area contributed by atoms with Crippen LogP contribution in [0.15, 0.2) is 70.7 Å². The van der Waals surface area contributed by atoms with Gasteiger partial charge in [-0.3, -0.25) is 9.59 Å². The quantitative estimate of drug-likeness (QED) is 0.0717. The third-order valence-corrected chi connectivity index (χ3v) is 8.52. The van der Waals surface area contributed by atoms with Crippen molar-refractivity contribution < 1.29 is 33.3 Å². The molecule has 0 radical (unpaired) electrons. The molecule has 0 aliphatic carbocycles. The Kier molecular flexibility index (Phi) is 11.8. The zero-order valence-electron chi connectivity index (χ0n) is 28.9. The van der Waals surface area contributed by atoms with Crippen LogP contribution in [0.25, 0.3) is 0 Å². The number of benzene rings is 3. The number of rotatable bonds is 10. The normalized spacial score (nSPS) is 11.1. The molecule has 13 heteroatoms. The van der Waals surface area contributed by atoms with Gasteiger partial charge in [-0.1, -0.05) is 40.9 Å². The van der Waals surface area contributed by atoms with E-state index < -0.39 is 30.1 Å². The molecule has 0 spiro atoms. The van der Waals surface area contributed by atoms with Crippen LogP contribution in [0.1, 0.15) is 68.5 Å². The lowest BCUT2D eigenvalue weighted by Crippen LogP contribution is -2.59. The van der Waals surface area contributed by atoms with Crippen molar-refractivity contribution in [3.8, 4) is 17.5 Å². The number of methoxy groups -OCH3 is 3. The van der Waals surface area contributed by atoms with Gasteiger partial charge in [-0.25, -0.2) is 14.8 Å². The maximum absolute atomic E-state index is 14.5. The van der Waals surface area contributed by atoms with Gasteiger partial charge in [0, 0.05) is 21.6 Å². The molecule has 0 aliphatic heterocycles. The first-order valence-electron chi connectivity index (χ1n) is 15.2. The number of aromatic nitrogens is 2. The van der Waals surface area contributed by atoms with Gasteiger partial charge in [0.05, 0.1) is 43.5 Å². The summed E-state index contributed by atoms with van der Waals surface area (Å²) in [7, 11) is 4.43. The van der Waals surface area contributed by atoms with Crippen molar-refractivity contribution in [3.05, 3.63) is 99.1 Å². The molecule has 1 heterocycles. The predicted octanol–water partition coefficient (Wildman–Crippen LogP) is 7.34. The lowest BCUT2D eigenvalue weighted by Gasteiger charge is -2.43. The summed E-state index contributed by atoms with van der Waals surface area (Å²) in [4.78, 5) is 51.7. The van der Waals surface area contributed by atoms with Crippen LogP contribution in [-0.2, 0) is 4.74 Å². The number of halogens is 1. The van der Waals surface area contributed by atoms with E-state index in [1.807, 2.05) is 19.9 Å². The Morgan fingerprint density at radius 2 is 1.43 bits per heavy atom. The number of amides is 2. The monoisotopic (exact) mass is 706 g/mol. The van der Waals surface area contributed by atoms with Gasteiger partial charge in [0.15, 0.2) is 11.9 Å². The number of hydrogen-bond acceptors (Lipinski definition) is 10. The molecule has 0 atom stereocenters. The molecule has 0 aliphatic rings. The van der Waals surface area contributed by atoms with E-state index in [0.29, 0.717) is 21.8 Å². The molecule has 0 saturated heterocycles. The summed E-state index contributed by atoms with van der Waals surface area (Å²) in [6.07, 6.45) is 0. The maximum atomic E-state index is 14.5. The van der Waals surface area contributed by atoms with Gasteiger partial charge in [0.25, 0.3) is 11.8 Å². The van der Waals surface area contributed by atoms with E-state index in [1.54, 1.807) is 76.2 Å². The molecule has 0 N–H and O–H groups in total. The standard InChI is InChI=1S/C36H39ClN4O7S/c1-21-16-22(2)18-24(17-21)32(42)41(36(4,5)6)40(33(43)25-12-10-14-27(45-7)23(25)3)20-48-34(44)31-26(37)13-11-15-28(31)49-35-38-29(46-8)19-30(39-35)47-9/h10-19H,20H2,1-9H3. The lowest BCUT2D eigenvalue weighted by molar-refractivity contribution is -0.0827. The highest BCUT2D eigenvalue weighted by Crippen LogP contribution is 2.35. The number of carbonyl (C=O) groups excluding carboxylic acids is 3. The van der Waals surface area contributed by atoms with E-state index in [4.69, 9.17) is 30.5 Å². The molecular weight excluding hydrogens is 668 g/mol. The maximum Gasteiger partial charge on any atom is 0.342 e. The van der Waals surface area contributed by atoms with Gasteiger partial charge in [0.1, 0.15) is 5.75 Å². The summed E-state index contributed by atoms with van der Waals surface area (Å²) in [5.74, 6) is -0.864. The zero-order chi connectivity index (χ0) is 36.0. The van der Waals surface area contributed by atoms with Crippen molar-refractivity contribution in [2.45, 2.75) is 57.1 Å². The van der Waals surface area contributed by atoms with Crippen LogP contribution in [0.2, 0.25) is 5.02 Å². The fourth-order valence-corrected chi connectivity index (χ4v) is 6.34. The average molecular weight is 707 g/mol. The molecular formula is C36H39ClN4O7S. The van der Waals surface area contributed by atoms with Crippen molar-refractivity contribution in [1.82, 2.24) is 20.0 Å². The fourth-order valence-electron chi connectivity index (χ4n) is 5.13. The van der Waals surface area contributed by atoms with Gasteiger partial charge < -0.3 is 18.9 Å². The SMILES string of the molecule is COc1cc(OC)nc(Sc2cccc(Cl)c2C(=O)OCN(C(=O)c2cccc(OC)c2C)N(C(=O)c2cc(C)cc(C)c2)C(C)(C)C)n1. The van der Waals surface area contributed by atoms with Crippen LogP contribution >= 0.6 is 23.4 Å². The Hall–Kier alpha value is -4.81. The Morgan fingerprint density at radius 3 is 2.00 bits per heavy atom. The molecule has 3 aromatic carbocycles. The van der Waals surface area contributed by atoms with E-state index in [1.165, 1.54) is 32.4 Å². The van der Waals surface area contributed by atoms with Crippen molar-refractivity contribution in [3.63, 3.8) is 0 Å². The summed E-state index contributed by atoms with van der Waals surface area (Å²) in [5.41, 5.74) is 2.02. The minimum Gasteiger partial charge on any atom is -0.496 e. The minimum absolute atomic E-state index is 0.0208. The second-order valence-electron chi connectivity index (χ2n) is 12.0. The third-order valence-electron chi connectivity index (χ3n) is 7.28. The fraction of sp³-hybridized carbons (Fsp3) is 0.306. The van der Waals surface area contributed by atoms with Crippen LogP contribution < -0.4 is 14.2 Å². The number of hydrogen-bond donors (Lipinski definition) is 0. The molecule has 49 heavy (non-hydrogen) atoms. The van der Waals surface area contributed by atoms with E-state index in [-0.39, 0.29) is 33.1 Å². The first-order valence-corrected chi connectivity index (χ1v) is 16.4. The lowest BCUT2D eigenvalue weighted by atomic mass is 10.0. The Morgan fingerprint density at radius 1 is 0.816 bits per heavy atom. The molecule has 11 nitrogen and oxygen atoms in total. The highest BCUT2D eigenvalue weighted by molar-refractivity contribution is 7.99. The Labute approximate surface area is 295 Å².